The van der Waals surface area contributed by atoms with Crippen LogP contribution < -0.4 is 5.32 Å². The summed E-state index contributed by atoms with van der Waals surface area (Å²) < 4.78 is 32.3. The second-order valence-electron chi connectivity index (χ2n) is 6.75. The highest BCUT2D eigenvalue weighted by atomic mass is 32.2. The number of rotatable bonds is 6. The van der Waals surface area contributed by atoms with Crippen molar-refractivity contribution in [1.82, 2.24) is 9.62 Å². The van der Waals surface area contributed by atoms with E-state index in [0.29, 0.717) is 31.9 Å². The average Bonchev–Trinajstić information content (AvgIpc) is 3.20. The summed E-state index contributed by atoms with van der Waals surface area (Å²) in [6.45, 7) is 5.51. The lowest BCUT2D eigenvalue weighted by atomic mass is 10.0. The number of carbonyl (C=O) groups is 1. The van der Waals surface area contributed by atoms with E-state index in [1.54, 1.807) is 23.5 Å². The first kappa shape index (κ1) is 20.0. The van der Waals surface area contributed by atoms with Crippen molar-refractivity contribution >= 4 is 27.3 Å². The molecule has 27 heavy (non-hydrogen) atoms. The van der Waals surface area contributed by atoms with E-state index < -0.39 is 10.0 Å². The van der Waals surface area contributed by atoms with Crippen molar-refractivity contribution < 1.29 is 17.9 Å². The Labute approximate surface area is 164 Å². The fraction of sp³-hybridized carbons (Fsp3) is 0.421. The zero-order chi connectivity index (χ0) is 19.4. The molecule has 1 aromatic carbocycles. The Morgan fingerprint density at radius 2 is 1.93 bits per heavy atom. The lowest BCUT2D eigenvalue weighted by Gasteiger charge is -2.26. The van der Waals surface area contributed by atoms with Gasteiger partial charge in [0.1, 0.15) is 0 Å². The number of morpholine rings is 1. The van der Waals surface area contributed by atoms with Crippen molar-refractivity contribution in [2.75, 3.05) is 26.3 Å². The fourth-order valence-corrected chi connectivity index (χ4v) is 5.40. The number of nitrogens with zero attached hydrogens (tertiary/aromatic N) is 1. The Bertz CT molecular complexity index is 873. The molecular weight excluding hydrogens is 384 g/mol. The molecule has 1 aromatic heterocycles. The minimum atomic E-state index is -3.63. The highest BCUT2D eigenvalue weighted by molar-refractivity contribution is 7.89. The van der Waals surface area contributed by atoms with Gasteiger partial charge >= 0.3 is 0 Å². The Balaban J connectivity index is 1.81. The van der Waals surface area contributed by atoms with Gasteiger partial charge < -0.3 is 10.1 Å². The number of ether oxygens (including phenoxy) is 1. The topological polar surface area (TPSA) is 75.7 Å². The highest BCUT2D eigenvalue weighted by Crippen LogP contribution is 2.26. The number of carbonyl (C=O) groups excluding carboxylic acids is 1. The Morgan fingerprint density at radius 3 is 2.56 bits per heavy atom. The van der Waals surface area contributed by atoms with Crippen LogP contribution >= 0.6 is 11.3 Å². The molecule has 0 radical (unpaired) electrons. The van der Waals surface area contributed by atoms with Gasteiger partial charge in [-0.2, -0.15) is 4.31 Å². The van der Waals surface area contributed by atoms with E-state index in [2.05, 4.69) is 5.32 Å². The molecule has 6 nitrogen and oxygen atoms in total. The second kappa shape index (κ2) is 8.52. The van der Waals surface area contributed by atoms with Gasteiger partial charge in [-0.05, 0) is 35.6 Å². The smallest absolute Gasteiger partial charge is 0.251 e. The normalized spacial score (nSPS) is 17.0. The summed E-state index contributed by atoms with van der Waals surface area (Å²) in [7, 11) is -3.63. The van der Waals surface area contributed by atoms with Crippen LogP contribution in [0.3, 0.4) is 0 Å². The molecule has 1 atom stereocenters. The Kier molecular flexibility index (Phi) is 6.31. The van der Waals surface area contributed by atoms with Crippen LogP contribution in [0.2, 0.25) is 0 Å². The standard InChI is InChI=1S/C19H24N2O4S2/c1-14(2)18(17-7-4-12-26-17)20-19(22)15-5-3-6-16(13-15)27(23,24)21-8-10-25-11-9-21/h3-7,12-14,18H,8-11H2,1-2H3,(H,20,22)/t18-/m0/s1. The van der Waals surface area contributed by atoms with Crippen molar-refractivity contribution in [3.8, 4) is 0 Å². The summed E-state index contributed by atoms with van der Waals surface area (Å²) in [4.78, 5) is 14.0. The molecule has 8 heteroatoms. The molecular formula is C19H24N2O4S2. The fourth-order valence-electron chi connectivity index (χ4n) is 2.99. The SMILES string of the molecule is CC(C)[C@H](NC(=O)c1cccc(S(=O)(=O)N2CCOCC2)c1)c1cccs1. The van der Waals surface area contributed by atoms with E-state index in [4.69, 9.17) is 4.74 Å². The average molecular weight is 409 g/mol. The summed E-state index contributed by atoms with van der Waals surface area (Å²) in [5.41, 5.74) is 0.339. The summed E-state index contributed by atoms with van der Waals surface area (Å²) >= 11 is 1.59. The number of benzene rings is 1. The minimum Gasteiger partial charge on any atom is -0.379 e. The first-order chi connectivity index (χ1) is 12.9. The zero-order valence-corrected chi connectivity index (χ0v) is 17.1. The van der Waals surface area contributed by atoms with Gasteiger partial charge in [0.25, 0.3) is 5.91 Å². The first-order valence-electron chi connectivity index (χ1n) is 8.92. The maximum atomic E-state index is 12.8. The van der Waals surface area contributed by atoms with Crippen LogP contribution in [-0.4, -0.2) is 44.9 Å². The van der Waals surface area contributed by atoms with Crippen LogP contribution in [0.15, 0.2) is 46.7 Å². The zero-order valence-electron chi connectivity index (χ0n) is 15.4. The molecule has 0 bridgehead atoms. The molecule has 1 N–H and O–H groups in total. The number of hydrogen-bond acceptors (Lipinski definition) is 5. The maximum absolute atomic E-state index is 12.8. The third-order valence-corrected chi connectivity index (χ3v) is 7.36. The van der Waals surface area contributed by atoms with Gasteiger partial charge in [0.05, 0.1) is 24.2 Å². The van der Waals surface area contributed by atoms with Crippen LogP contribution in [0.4, 0.5) is 0 Å². The molecule has 2 aromatic rings. The summed E-state index contributed by atoms with van der Waals surface area (Å²) in [5, 5.41) is 5.01. The molecule has 1 amide bonds. The van der Waals surface area contributed by atoms with Crippen molar-refractivity contribution in [3.05, 3.63) is 52.2 Å². The number of nitrogens with one attached hydrogen (secondary N) is 1. The molecule has 1 fully saturated rings. The van der Waals surface area contributed by atoms with Crippen LogP contribution in [-0.2, 0) is 14.8 Å². The number of sulfonamides is 1. The first-order valence-corrected chi connectivity index (χ1v) is 11.2. The summed E-state index contributed by atoms with van der Waals surface area (Å²) in [6, 6.07) is 10.1. The molecule has 0 aliphatic carbocycles. The van der Waals surface area contributed by atoms with Crippen LogP contribution in [0.1, 0.15) is 35.1 Å². The predicted octanol–water partition coefficient (Wildman–Crippen LogP) is 2.90. The molecule has 1 saturated heterocycles. The number of amides is 1. The molecule has 3 rings (SSSR count). The van der Waals surface area contributed by atoms with Crippen LogP contribution in [0.25, 0.3) is 0 Å². The van der Waals surface area contributed by atoms with E-state index in [1.807, 2.05) is 31.4 Å². The number of hydrogen-bond donors (Lipinski definition) is 1. The minimum absolute atomic E-state index is 0.114. The van der Waals surface area contributed by atoms with Gasteiger partial charge in [-0.1, -0.05) is 26.0 Å². The largest absolute Gasteiger partial charge is 0.379 e. The van der Waals surface area contributed by atoms with Gasteiger partial charge in [-0.3, -0.25) is 4.79 Å². The monoisotopic (exact) mass is 408 g/mol. The third-order valence-electron chi connectivity index (χ3n) is 4.51. The molecule has 1 aliphatic heterocycles. The Hall–Kier alpha value is -1.74. The van der Waals surface area contributed by atoms with E-state index in [9.17, 15) is 13.2 Å². The molecule has 2 heterocycles. The predicted molar refractivity (Wildman–Crippen MR) is 105 cm³/mol. The van der Waals surface area contributed by atoms with E-state index >= 15 is 0 Å². The molecule has 1 aliphatic rings. The molecule has 0 unspecified atom stereocenters. The van der Waals surface area contributed by atoms with Crippen LogP contribution in [0.5, 0.6) is 0 Å². The van der Waals surface area contributed by atoms with Crippen molar-refractivity contribution in [3.63, 3.8) is 0 Å². The third kappa shape index (κ3) is 4.57. The number of thiophene rings is 1. The van der Waals surface area contributed by atoms with Gasteiger partial charge in [0, 0.05) is 23.5 Å². The lowest BCUT2D eigenvalue weighted by Crippen LogP contribution is -2.40. The summed E-state index contributed by atoms with van der Waals surface area (Å²) in [6.07, 6.45) is 0. The quantitative estimate of drug-likeness (QED) is 0.797. The van der Waals surface area contributed by atoms with E-state index in [0.717, 1.165) is 4.88 Å². The molecule has 0 saturated carbocycles. The van der Waals surface area contributed by atoms with Gasteiger partial charge in [0.2, 0.25) is 10.0 Å². The van der Waals surface area contributed by atoms with Gasteiger partial charge in [0.15, 0.2) is 0 Å². The van der Waals surface area contributed by atoms with Crippen molar-refractivity contribution in [1.29, 1.82) is 0 Å². The van der Waals surface area contributed by atoms with Gasteiger partial charge in [-0.25, -0.2) is 8.42 Å². The molecule has 0 spiro atoms. The molecule has 146 valence electrons. The van der Waals surface area contributed by atoms with Crippen LogP contribution in [0, 0.1) is 5.92 Å². The second-order valence-corrected chi connectivity index (χ2v) is 9.67. The Morgan fingerprint density at radius 1 is 1.19 bits per heavy atom. The van der Waals surface area contributed by atoms with Crippen molar-refractivity contribution in [2.45, 2.75) is 24.8 Å². The van der Waals surface area contributed by atoms with Crippen molar-refractivity contribution in [2.24, 2.45) is 5.92 Å². The van der Waals surface area contributed by atoms with E-state index in [1.165, 1.54) is 16.4 Å². The highest BCUT2D eigenvalue weighted by Gasteiger charge is 2.27. The van der Waals surface area contributed by atoms with Gasteiger partial charge in [-0.15, -0.1) is 11.3 Å². The maximum Gasteiger partial charge on any atom is 0.251 e. The lowest BCUT2D eigenvalue weighted by molar-refractivity contribution is 0.0730. The summed E-state index contributed by atoms with van der Waals surface area (Å²) in [5.74, 6) is -0.0611. The van der Waals surface area contributed by atoms with E-state index in [-0.39, 0.29) is 22.8 Å².